The molecule has 0 atom stereocenters. The number of benzene rings is 2. The van der Waals surface area contributed by atoms with E-state index in [0.717, 1.165) is 36.1 Å². The Labute approximate surface area is 151 Å². The summed E-state index contributed by atoms with van der Waals surface area (Å²) < 4.78 is 1.75. The summed E-state index contributed by atoms with van der Waals surface area (Å²) >= 11 is 0. The first-order chi connectivity index (χ1) is 12.6. The number of nitrogens with zero attached hydrogens (tertiary/aromatic N) is 2. The number of nitrogens with two attached hydrogens (primary N) is 1. The van der Waals surface area contributed by atoms with Gasteiger partial charge in [-0.05, 0) is 43.2 Å². The molecule has 1 fully saturated rings. The molecule has 4 N–H and O–H groups in total. The van der Waals surface area contributed by atoms with Gasteiger partial charge < -0.3 is 16.2 Å². The maximum atomic E-state index is 11.6. The highest BCUT2D eigenvalue weighted by molar-refractivity contribution is 6.04. The van der Waals surface area contributed by atoms with Crippen LogP contribution in [-0.4, -0.2) is 33.9 Å². The average molecular weight is 350 g/mol. The van der Waals surface area contributed by atoms with Crippen molar-refractivity contribution < 1.29 is 9.90 Å². The van der Waals surface area contributed by atoms with E-state index in [-0.39, 0.29) is 12.0 Å². The van der Waals surface area contributed by atoms with E-state index in [1.807, 2.05) is 36.5 Å². The summed E-state index contributed by atoms with van der Waals surface area (Å²) in [5.74, 6) is -0.478. The van der Waals surface area contributed by atoms with E-state index >= 15 is 0 Å². The largest absolute Gasteiger partial charge is 0.396 e. The van der Waals surface area contributed by atoms with Crippen LogP contribution in [0.3, 0.4) is 0 Å². The molecule has 4 rings (SSSR count). The smallest absolute Gasteiger partial charge is 0.250 e. The standard InChI is InChI=1S/C20H22N4O2/c21-19(26)17-4-1-3-14-11-24(23-18(14)17)16-7-5-15(6-8-16)22-12-20(13-25)9-2-10-20/h1,3-8,11,22,25H,2,9-10,12-13H2,(H2,21,26). The number of aliphatic hydroxyl groups is 1. The number of fused-ring (bicyclic) bond motifs is 1. The molecule has 0 unspecified atom stereocenters. The number of carbonyl (C=O) groups excluding carboxylic acids is 1. The van der Waals surface area contributed by atoms with Crippen LogP contribution in [-0.2, 0) is 0 Å². The van der Waals surface area contributed by atoms with Gasteiger partial charge in [0.15, 0.2) is 0 Å². The van der Waals surface area contributed by atoms with Gasteiger partial charge in [0.2, 0.25) is 0 Å². The SMILES string of the molecule is NC(=O)c1cccc2cn(-c3ccc(NCC4(CO)CCC4)cc3)nc12. The predicted molar refractivity (Wildman–Crippen MR) is 101 cm³/mol. The van der Waals surface area contributed by atoms with Gasteiger partial charge >= 0.3 is 0 Å². The van der Waals surface area contributed by atoms with Crippen molar-refractivity contribution in [2.45, 2.75) is 19.3 Å². The zero-order valence-electron chi connectivity index (χ0n) is 14.5. The van der Waals surface area contributed by atoms with Gasteiger partial charge in [0.1, 0.15) is 5.52 Å². The highest BCUT2D eigenvalue weighted by Crippen LogP contribution is 2.40. The molecule has 1 aliphatic rings. The summed E-state index contributed by atoms with van der Waals surface area (Å²) in [6.45, 7) is 1.02. The van der Waals surface area contributed by atoms with Crippen LogP contribution in [0.2, 0.25) is 0 Å². The molecule has 1 aliphatic carbocycles. The quantitative estimate of drug-likeness (QED) is 0.637. The normalized spacial score (nSPS) is 15.6. The van der Waals surface area contributed by atoms with Crippen LogP contribution in [0.4, 0.5) is 5.69 Å². The van der Waals surface area contributed by atoms with Crippen molar-refractivity contribution in [1.82, 2.24) is 9.78 Å². The molecule has 0 bridgehead atoms. The van der Waals surface area contributed by atoms with Crippen molar-refractivity contribution in [3.8, 4) is 5.69 Å². The first kappa shape index (κ1) is 16.6. The Morgan fingerprint density at radius 2 is 2.00 bits per heavy atom. The second-order valence-corrected chi connectivity index (χ2v) is 7.09. The molecule has 0 spiro atoms. The van der Waals surface area contributed by atoms with Crippen molar-refractivity contribution in [1.29, 1.82) is 0 Å². The molecule has 6 nitrogen and oxygen atoms in total. The monoisotopic (exact) mass is 350 g/mol. The fourth-order valence-corrected chi connectivity index (χ4v) is 3.47. The lowest BCUT2D eigenvalue weighted by Gasteiger charge is -2.40. The minimum Gasteiger partial charge on any atom is -0.396 e. The number of hydrogen-bond acceptors (Lipinski definition) is 4. The van der Waals surface area contributed by atoms with Gasteiger partial charge in [0.25, 0.3) is 5.91 Å². The lowest BCUT2D eigenvalue weighted by molar-refractivity contribution is 0.0576. The summed E-state index contributed by atoms with van der Waals surface area (Å²) in [7, 11) is 0. The number of nitrogens with one attached hydrogen (secondary N) is 1. The molecule has 0 aliphatic heterocycles. The number of aliphatic hydroxyl groups excluding tert-OH is 1. The van der Waals surface area contributed by atoms with Gasteiger partial charge in [-0.15, -0.1) is 0 Å². The van der Waals surface area contributed by atoms with E-state index in [9.17, 15) is 9.90 Å². The summed E-state index contributed by atoms with van der Waals surface area (Å²) in [5, 5.41) is 18.4. The summed E-state index contributed by atoms with van der Waals surface area (Å²) in [6.07, 6.45) is 5.24. The number of carbonyl (C=O) groups is 1. The molecule has 1 heterocycles. The molecular weight excluding hydrogens is 328 g/mol. The van der Waals surface area contributed by atoms with Crippen LogP contribution in [0.25, 0.3) is 16.6 Å². The minimum absolute atomic E-state index is 0.0452. The van der Waals surface area contributed by atoms with E-state index < -0.39 is 5.91 Å². The highest BCUT2D eigenvalue weighted by atomic mass is 16.3. The molecule has 26 heavy (non-hydrogen) atoms. The van der Waals surface area contributed by atoms with Crippen LogP contribution in [0.1, 0.15) is 29.6 Å². The molecule has 1 amide bonds. The van der Waals surface area contributed by atoms with Crippen molar-refractivity contribution in [3.05, 3.63) is 54.2 Å². The zero-order valence-corrected chi connectivity index (χ0v) is 14.5. The number of amides is 1. The third kappa shape index (κ3) is 2.93. The van der Waals surface area contributed by atoms with Crippen LogP contribution < -0.4 is 11.1 Å². The van der Waals surface area contributed by atoms with Crippen molar-refractivity contribution in [3.63, 3.8) is 0 Å². The van der Waals surface area contributed by atoms with E-state index in [1.54, 1.807) is 16.8 Å². The number of rotatable bonds is 6. The summed E-state index contributed by atoms with van der Waals surface area (Å²) in [4.78, 5) is 11.6. The maximum absolute atomic E-state index is 11.6. The third-order valence-electron chi connectivity index (χ3n) is 5.35. The molecule has 0 radical (unpaired) electrons. The lowest BCUT2D eigenvalue weighted by atomic mass is 9.69. The Kier molecular flexibility index (Phi) is 4.12. The van der Waals surface area contributed by atoms with E-state index in [4.69, 9.17) is 5.73 Å². The van der Waals surface area contributed by atoms with Gasteiger partial charge in [-0.25, -0.2) is 4.68 Å². The topological polar surface area (TPSA) is 93.2 Å². The molecule has 2 aromatic carbocycles. The van der Waals surface area contributed by atoms with Crippen molar-refractivity contribution >= 4 is 22.5 Å². The zero-order chi connectivity index (χ0) is 18.1. The molecule has 6 heteroatoms. The number of hydrogen-bond donors (Lipinski definition) is 3. The van der Waals surface area contributed by atoms with E-state index in [0.29, 0.717) is 11.1 Å². The Morgan fingerprint density at radius 1 is 1.23 bits per heavy atom. The molecule has 3 aromatic rings. The second-order valence-electron chi connectivity index (χ2n) is 7.09. The molecule has 1 saturated carbocycles. The maximum Gasteiger partial charge on any atom is 0.250 e. The van der Waals surface area contributed by atoms with Gasteiger partial charge in [-0.1, -0.05) is 18.6 Å². The van der Waals surface area contributed by atoms with Gasteiger partial charge in [-0.3, -0.25) is 4.79 Å². The van der Waals surface area contributed by atoms with Crippen molar-refractivity contribution in [2.24, 2.45) is 11.1 Å². The summed E-state index contributed by atoms with van der Waals surface area (Å²) in [6, 6.07) is 13.4. The van der Waals surface area contributed by atoms with Gasteiger partial charge in [-0.2, -0.15) is 5.10 Å². The van der Waals surface area contributed by atoms with Crippen molar-refractivity contribution in [2.75, 3.05) is 18.5 Å². The number of primary amides is 1. The fourth-order valence-electron chi connectivity index (χ4n) is 3.47. The summed E-state index contributed by atoms with van der Waals surface area (Å²) in [5.41, 5.74) is 8.43. The van der Waals surface area contributed by atoms with Crippen LogP contribution in [0.15, 0.2) is 48.7 Å². The number of aromatic nitrogens is 2. The first-order valence-corrected chi connectivity index (χ1v) is 8.84. The number of anilines is 1. The predicted octanol–water partition coefficient (Wildman–Crippen LogP) is 2.70. The minimum atomic E-state index is -0.478. The molecule has 134 valence electrons. The van der Waals surface area contributed by atoms with Gasteiger partial charge in [0.05, 0.1) is 17.9 Å². The van der Waals surface area contributed by atoms with Gasteiger partial charge in [0, 0.05) is 29.2 Å². The third-order valence-corrected chi connectivity index (χ3v) is 5.35. The van der Waals surface area contributed by atoms with Crippen LogP contribution in [0.5, 0.6) is 0 Å². The van der Waals surface area contributed by atoms with E-state index in [1.165, 1.54) is 6.42 Å². The molecule has 1 aromatic heterocycles. The highest BCUT2D eigenvalue weighted by Gasteiger charge is 2.35. The fraction of sp³-hybridized carbons (Fsp3) is 0.300. The Balaban J connectivity index is 1.54. The second kappa shape index (κ2) is 6.46. The molecular formula is C20H22N4O2. The first-order valence-electron chi connectivity index (χ1n) is 8.84. The lowest BCUT2D eigenvalue weighted by Crippen LogP contribution is -2.39. The molecule has 0 saturated heterocycles. The average Bonchev–Trinajstić information content (AvgIpc) is 3.05. The van der Waals surface area contributed by atoms with Crippen LogP contribution >= 0.6 is 0 Å². The Morgan fingerprint density at radius 3 is 2.62 bits per heavy atom. The van der Waals surface area contributed by atoms with Crippen LogP contribution in [0, 0.1) is 5.41 Å². The Hall–Kier alpha value is -2.86. The Bertz CT molecular complexity index is 937. The van der Waals surface area contributed by atoms with E-state index in [2.05, 4.69) is 10.4 Å².